The number of rotatable bonds is 0. The molecule has 0 spiro atoms. The largest absolute Gasteiger partial charge is 0.460 e. The van der Waals surface area contributed by atoms with Gasteiger partial charge in [-0.1, -0.05) is 6.07 Å². The molecule has 0 saturated heterocycles. The molecule has 0 aromatic heterocycles. The number of carbonyl (C=O) groups is 1. The van der Waals surface area contributed by atoms with Gasteiger partial charge in [0.05, 0.1) is 6.42 Å². The van der Waals surface area contributed by atoms with Crippen LogP contribution in [0, 0.1) is 12.7 Å². The van der Waals surface area contributed by atoms with Crippen molar-refractivity contribution in [2.24, 2.45) is 0 Å². The third kappa shape index (κ3) is 1.41. The summed E-state index contributed by atoms with van der Waals surface area (Å²) in [5.74, 6) is -0.556. The Bertz CT molecular complexity index is 371. The first-order chi connectivity index (χ1) is 6.16. The Hall–Kier alpha value is -1.38. The Balaban J connectivity index is 2.53. The molecule has 13 heavy (non-hydrogen) atoms. The molecule has 1 aliphatic rings. The van der Waals surface area contributed by atoms with E-state index in [1.165, 1.54) is 6.07 Å². The van der Waals surface area contributed by atoms with Crippen LogP contribution in [0.15, 0.2) is 12.1 Å². The Morgan fingerprint density at radius 3 is 3.00 bits per heavy atom. The van der Waals surface area contributed by atoms with Gasteiger partial charge in [0.15, 0.2) is 0 Å². The van der Waals surface area contributed by atoms with Crippen LogP contribution in [0.25, 0.3) is 0 Å². The lowest BCUT2D eigenvalue weighted by Gasteiger charge is -2.16. The van der Waals surface area contributed by atoms with Crippen molar-refractivity contribution in [3.8, 4) is 0 Å². The van der Waals surface area contributed by atoms with Gasteiger partial charge >= 0.3 is 5.97 Å². The summed E-state index contributed by atoms with van der Waals surface area (Å²) in [5.41, 5.74) is 2.12. The zero-order chi connectivity index (χ0) is 9.42. The van der Waals surface area contributed by atoms with Gasteiger partial charge in [-0.3, -0.25) is 4.79 Å². The summed E-state index contributed by atoms with van der Waals surface area (Å²) in [7, 11) is 0. The van der Waals surface area contributed by atoms with E-state index in [1.807, 2.05) is 13.0 Å². The van der Waals surface area contributed by atoms with Gasteiger partial charge in [-0.25, -0.2) is 4.39 Å². The van der Waals surface area contributed by atoms with E-state index in [9.17, 15) is 9.18 Å². The second kappa shape index (κ2) is 2.83. The fraction of sp³-hybridized carbons (Fsp3) is 0.300. The summed E-state index contributed by atoms with van der Waals surface area (Å²) in [6.07, 6.45) is 0.188. The molecule has 0 aliphatic carbocycles. The Morgan fingerprint density at radius 2 is 2.23 bits per heavy atom. The van der Waals surface area contributed by atoms with Crippen LogP contribution in [0.5, 0.6) is 0 Å². The van der Waals surface area contributed by atoms with Crippen LogP contribution < -0.4 is 0 Å². The number of aryl methyl sites for hydroxylation is 1. The van der Waals surface area contributed by atoms with Crippen LogP contribution in [0.2, 0.25) is 0 Å². The van der Waals surface area contributed by atoms with Crippen LogP contribution in [-0.2, 0) is 22.6 Å². The minimum Gasteiger partial charge on any atom is -0.460 e. The van der Waals surface area contributed by atoms with E-state index >= 15 is 0 Å². The molecule has 0 bridgehead atoms. The number of ether oxygens (including phenoxy) is 1. The quantitative estimate of drug-likeness (QED) is 0.568. The van der Waals surface area contributed by atoms with Gasteiger partial charge in [-0.05, 0) is 24.1 Å². The minimum atomic E-state index is -0.280. The van der Waals surface area contributed by atoms with Gasteiger partial charge < -0.3 is 4.74 Å². The molecule has 0 saturated carbocycles. The van der Waals surface area contributed by atoms with Crippen LogP contribution in [0.1, 0.15) is 16.7 Å². The Morgan fingerprint density at radius 1 is 1.46 bits per heavy atom. The number of benzene rings is 1. The van der Waals surface area contributed by atoms with E-state index in [0.29, 0.717) is 5.56 Å². The highest BCUT2D eigenvalue weighted by Crippen LogP contribution is 2.21. The van der Waals surface area contributed by atoms with Crippen molar-refractivity contribution in [2.75, 3.05) is 0 Å². The van der Waals surface area contributed by atoms with E-state index < -0.39 is 0 Å². The van der Waals surface area contributed by atoms with Crippen LogP contribution >= 0.6 is 0 Å². The van der Waals surface area contributed by atoms with Crippen molar-refractivity contribution in [3.05, 3.63) is 34.6 Å². The average Bonchev–Trinajstić information content (AvgIpc) is 2.02. The summed E-state index contributed by atoms with van der Waals surface area (Å²) in [5, 5.41) is 0. The highest BCUT2D eigenvalue weighted by molar-refractivity contribution is 5.74. The van der Waals surface area contributed by atoms with Gasteiger partial charge in [0, 0.05) is 5.56 Å². The number of cyclic esters (lactones) is 1. The predicted octanol–water partition coefficient (Wildman–Crippen LogP) is 1.73. The Kier molecular flexibility index (Phi) is 1.79. The monoisotopic (exact) mass is 180 g/mol. The SMILES string of the molecule is Cc1cc(F)c2c(c1)CC(=O)OC2. The first-order valence-electron chi connectivity index (χ1n) is 4.10. The second-order valence-electron chi connectivity index (χ2n) is 3.22. The molecule has 0 amide bonds. The van der Waals surface area contributed by atoms with E-state index in [1.54, 1.807) is 0 Å². The average molecular weight is 180 g/mol. The second-order valence-corrected chi connectivity index (χ2v) is 3.22. The third-order valence-electron chi connectivity index (χ3n) is 2.14. The number of fused-ring (bicyclic) bond motifs is 1. The van der Waals surface area contributed by atoms with Gasteiger partial charge in [0.1, 0.15) is 12.4 Å². The maximum absolute atomic E-state index is 13.3. The summed E-state index contributed by atoms with van der Waals surface area (Å²) < 4.78 is 18.0. The van der Waals surface area contributed by atoms with Gasteiger partial charge in [-0.2, -0.15) is 0 Å². The highest BCUT2D eigenvalue weighted by Gasteiger charge is 2.19. The smallest absolute Gasteiger partial charge is 0.310 e. The zero-order valence-corrected chi connectivity index (χ0v) is 7.26. The lowest BCUT2D eigenvalue weighted by molar-refractivity contribution is -0.145. The maximum atomic E-state index is 13.3. The number of halogens is 1. The molecule has 0 radical (unpaired) electrons. The topological polar surface area (TPSA) is 26.3 Å². The van der Waals surface area contributed by atoms with E-state index in [4.69, 9.17) is 4.74 Å². The number of esters is 1. The van der Waals surface area contributed by atoms with Crippen LogP contribution in [0.3, 0.4) is 0 Å². The molecular weight excluding hydrogens is 171 g/mol. The van der Waals surface area contributed by atoms with Crippen molar-refractivity contribution in [1.29, 1.82) is 0 Å². The summed E-state index contributed by atoms with van der Waals surface area (Å²) in [4.78, 5) is 10.9. The normalized spacial score (nSPS) is 15.1. The lowest BCUT2D eigenvalue weighted by atomic mass is 10.00. The standard InChI is InChI=1S/C10H9FO2/c1-6-2-7-4-10(12)13-5-8(7)9(11)3-6/h2-3H,4-5H2,1H3. The number of hydrogen-bond acceptors (Lipinski definition) is 2. The van der Waals surface area contributed by atoms with E-state index in [0.717, 1.165) is 11.1 Å². The van der Waals surface area contributed by atoms with Crippen molar-refractivity contribution in [2.45, 2.75) is 20.0 Å². The summed E-state index contributed by atoms with van der Waals surface area (Å²) in [6, 6.07) is 3.29. The molecule has 2 rings (SSSR count). The summed E-state index contributed by atoms with van der Waals surface area (Å²) >= 11 is 0. The first-order valence-corrected chi connectivity index (χ1v) is 4.10. The molecule has 1 aromatic rings. The molecule has 0 atom stereocenters. The molecule has 0 fully saturated rings. The predicted molar refractivity (Wildman–Crippen MR) is 44.6 cm³/mol. The molecule has 2 nitrogen and oxygen atoms in total. The molecular formula is C10H9FO2. The van der Waals surface area contributed by atoms with Crippen molar-refractivity contribution >= 4 is 5.97 Å². The maximum Gasteiger partial charge on any atom is 0.310 e. The molecule has 3 heteroatoms. The fourth-order valence-electron chi connectivity index (χ4n) is 1.52. The molecule has 0 N–H and O–H groups in total. The first kappa shape index (κ1) is 8.23. The molecule has 0 unspecified atom stereocenters. The number of carbonyl (C=O) groups excluding carboxylic acids is 1. The summed E-state index contributed by atoms with van der Waals surface area (Å²) in [6.45, 7) is 1.88. The van der Waals surface area contributed by atoms with E-state index in [2.05, 4.69) is 0 Å². The Labute approximate surface area is 75.3 Å². The van der Waals surface area contributed by atoms with Gasteiger partial charge in [-0.15, -0.1) is 0 Å². The molecule has 1 aromatic carbocycles. The number of hydrogen-bond donors (Lipinski definition) is 0. The van der Waals surface area contributed by atoms with Gasteiger partial charge in [0.2, 0.25) is 0 Å². The minimum absolute atomic E-state index is 0.0697. The fourth-order valence-corrected chi connectivity index (χ4v) is 1.52. The van der Waals surface area contributed by atoms with E-state index in [-0.39, 0.29) is 24.8 Å². The molecule has 1 aliphatic heterocycles. The van der Waals surface area contributed by atoms with Crippen molar-refractivity contribution in [3.63, 3.8) is 0 Å². The lowest BCUT2D eigenvalue weighted by Crippen LogP contribution is -2.17. The van der Waals surface area contributed by atoms with Crippen molar-refractivity contribution < 1.29 is 13.9 Å². The molecule has 1 heterocycles. The van der Waals surface area contributed by atoms with Crippen LogP contribution in [0.4, 0.5) is 4.39 Å². The third-order valence-corrected chi connectivity index (χ3v) is 2.14. The van der Waals surface area contributed by atoms with Crippen LogP contribution in [-0.4, -0.2) is 5.97 Å². The molecule has 68 valence electrons. The van der Waals surface area contributed by atoms with Gasteiger partial charge in [0.25, 0.3) is 0 Å². The zero-order valence-electron chi connectivity index (χ0n) is 7.26. The van der Waals surface area contributed by atoms with Crippen molar-refractivity contribution in [1.82, 2.24) is 0 Å². The highest BCUT2D eigenvalue weighted by atomic mass is 19.1.